The molecule has 39 heavy (non-hydrogen) atoms. The minimum absolute atomic E-state index is 0.0120. The molecule has 6 heterocycles. The second kappa shape index (κ2) is 9.72. The third-order valence-electron chi connectivity index (χ3n) is 8.02. The zero-order valence-electron chi connectivity index (χ0n) is 22.4. The molecule has 212 valence electrons. The summed E-state index contributed by atoms with van der Waals surface area (Å²) in [5.41, 5.74) is -1.07. The Morgan fingerprint density at radius 2 is 2.03 bits per heavy atom. The number of amides is 1. The van der Waals surface area contributed by atoms with Gasteiger partial charge in [0.05, 0.1) is 11.6 Å². The van der Waals surface area contributed by atoms with Crippen LogP contribution in [-0.2, 0) is 4.74 Å². The van der Waals surface area contributed by atoms with Crippen molar-refractivity contribution in [3.63, 3.8) is 0 Å². The molecule has 4 aliphatic rings. The predicted molar refractivity (Wildman–Crippen MR) is 140 cm³/mol. The van der Waals surface area contributed by atoms with Gasteiger partial charge in [-0.25, -0.2) is 13.6 Å². The van der Waals surface area contributed by atoms with E-state index in [0.29, 0.717) is 50.2 Å². The summed E-state index contributed by atoms with van der Waals surface area (Å²) >= 11 is 6.12. The minimum atomic E-state index is -0.899. The van der Waals surface area contributed by atoms with E-state index in [4.69, 9.17) is 30.8 Å². The van der Waals surface area contributed by atoms with Gasteiger partial charge in [0.15, 0.2) is 11.0 Å². The summed E-state index contributed by atoms with van der Waals surface area (Å²) in [5, 5.41) is -0.0410. The van der Waals surface area contributed by atoms with Gasteiger partial charge in [-0.1, -0.05) is 11.6 Å². The number of carbonyl (C=O) groups is 1. The number of hydrogen-bond acceptors (Lipinski definition) is 9. The number of anilines is 1. The highest BCUT2D eigenvalue weighted by atomic mass is 35.5. The van der Waals surface area contributed by atoms with Crippen LogP contribution in [0.2, 0.25) is 5.15 Å². The SMILES string of the molecule is CC(C)(C)OC(=O)N1CCC2COc3nc(Cl)c(F)c4nc(OC[C@@]56CCCN5C[C@H](F)C6)nc(c34)N2CC1. The molecule has 0 N–H and O–H groups in total. The average molecular weight is 567 g/mol. The van der Waals surface area contributed by atoms with Gasteiger partial charge in [0, 0.05) is 32.6 Å². The summed E-state index contributed by atoms with van der Waals surface area (Å²) in [6, 6.07) is -0.187. The van der Waals surface area contributed by atoms with E-state index in [2.05, 4.69) is 14.9 Å². The highest BCUT2D eigenvalue weighted by molar-refractivity contribution is 6.30. The van der Waals surface area contributed by atoms with Gasteiger partial charge < -0.3 is 24.0 Å². The van der Waals surface area contributed by atoms with Crippen molar-refractivity contribution in [2.75, 3.05) is 50.8 Å². The van der Waals surface area contributed by atoms with Crippen LogP contribution in [0, 0.1) is 5.82 Å². The Morgan fingerprint density at radius 3 is 2.82 bits per heavy atom. The molecule has 0 saturated carbocycles. The molecule has 0 aromatic carbocycles. The second-order valence-corrected chi connectivity index (χ2v) is 12.2. The lowest BCUT2D eigenvalue weighted by atomic mass is 9.95. The first kappa shape index (κ1) is 26.5. The van der Waals surface area contributed by atoms with E-state index < -0.39 is 23.1 Å². The summed E-state index contributed by atoms with van der Waals surface area (Å²) in [5.74, 6) is -0.217. The first-order chi connectivity index (χ1) is 18.5. The van der Waals surface area contributed by atoms with E-state index in [1.165, 1.54) is 0 Å². The molecular formula is C26H33ClF2N6O4. The largest absolute Gasteiger partial charge is 0.475 e. The number of halogens is 3. The number of carbonyl (C=O) groups excluding carboxylic acids is 1. The Bertz CT molecular complexity index is 1300. The van der Waals surface area contributed by atoms with Gasteiger partial charge in [-0.2, -0.15) is 15.0 Å². The van der Waals surface area contributed by atoms with Gasteiger partial charge in [0.25, 0.3) is 0 Å². The van der Waals surface area contributed by atoms with E-state index in [9.17, 15) is 9.18 Å². The normalized spacial score (nSPS) is 27.0. The van der Waals surface area contributed by atoms with Crippen molar-refractivity contribution < 1.29 is 27.8 Å². The molecule has 1 unspecified atom stereocenters. The number of rotatable bonds is 3. The highest BCUT2D eigenvalue weighted by Crippen LogP contribution is 2.42. The van der Waals surface area contributed by atoms with Gasteiger partial charge in [-0.15, -0.1) is 0 Å². The maximum Gasteiger partial charge on any atom is 0.410 e. The van der Waals surface area contributed by atoms with Gasteiger partial charge >= 0.3 is 12.1 Å². The third kappa shape index (κ3) is 4.90. The first-order valence-corrected chi connectivity index (χ1v) is 13.9. The summed E-state index contributed by atoms with van der Waals surface area (Å²) in [6.07, 6.45) is 1.47. The molecule has 0 spiro atoms. The fourth-order valence-electron chi connectivity index (χ4n) is 6.22. The number of ether oxygens (including phenoxy) is 3. The molecule has 3 saturated heterocycles. The van der Waals surface area contributed by atoms with E-state index in [0.717, 1.165) is 19.4 Å². The Hall–Kier alpha value is -2.73. The van der Waals surface area contributed by atoms with Crippen molar-refractivity contribution in [3.8, 4) is 11.9 Å². The molecule has 0 radical (unpaired) electrons. The maximum absolute atomic E-state index is 15.3. The smallest absolute Gasteiger partial charge is 0.410 e. The van der Waals surface area contributed by atoms with Crippen LogP contribution in [-0.4, -0.2) is 100 Å². The van der Waals surface area contributed by atoms with Crippen molar-refractivity contribution in [3.05, 3.63) is 11.0 Å². The third-order valence-corrected chi connectivity index (χ3v) is 8.27. The van der Waals surface area contributed by atoms with Gasteiger partial charge in [-0.3, -0.25) is 4.90 Å². The van der Waals surface area contributed by atoms with Crippen molar-refractivity contribution in [1.82, 2.24) is 24.8 Å². The fraction of sp³-hybridized carbons (Fsp3) is 0.692. The van der Waals surface area contributed by atoms with Crippen LogP contribution in [0.1, 0.15) is 46.5 Å². The predicted octanol–water partition coefficient (Wildman–Crippen LogP) is 3.98. The van der Waals surface area contributed by atoms with Crippen molar-refractivity contribution in [2.24, 2.45) is 0 Å². The zero-order chi connectivity index (χ0) is 27.5. The standard InChI is InChI=1S/C26H33ClF2N6O4/c1-25(2,3)39-24(36)33-8-5-16-13-37-22-17-19(18(29)20(27)31-22)30-23(32-21(17)35(16)10-9-33)38-14-26-6-4-7-34(26)12-15(28)11-26/h15-16H,4-14H2,1-3H3/t15-,16?,26+/m1/s1. The van der Waals surface area contributed by atoms with Gasteiger partial charge in [-0.05, 0) is 46.6 Å². The molecule has 10 nitrogen and oxygen atoms in total. The Labute approximate surface area is 230 Å². The molecule has 4 aliphatic heterocycles. The van der Waals surface area contributed by atoms with E-state index in [1.54, 1.807) is 4.90 Å². The molecule has 3 fully saturated rings. The number of fused-ring (bicyclic) bond motifs is 3. The van der Waals surface area contributed by atoms with Gasteiger partial charge in [0.1, 0.15) is 41.7 Å². The molecule has 2 aromatic rings. The lowest BCUT2D eigenvalue weighted by Gasteiger charge is -2.31. The zero-order valence-corrected chi connectivity index (χ0v) is 23.1. The molecule has 6 rings (SSSR count). The number of hydrogen-bond donors (Lipinski definition) is 0. The number of nitrogens with zero attached hydrogens (tertiary/aromatic N) is 6. The Morgan fingerprint density at radius 1 is 1.21 bits per heavy atom. The van der Waals surface area contributed by atoms with Crippen molar-refractivity contribution in [1.29, 1.82) is 0 Å². The monoisotopic (exact) mass is 566 g/mol. The van der Waals surface area contributed by atoms with Crippen molar-refractivity contribution >= 4 is 34.4 Å². The summed E-state index contributed by atoms with van der Waals surface area (Å²) < 4.78 is 47.3. The van der Waals surface area contributed by atoms with Crippen LogP contribution in [0.4, 0.5) is 19.4 Å². The van der Waals surface area contributed by atoms with Crippen LogP contribution in [0.5, 0.6) is 11.9 Å². The average Bonchev–Trinajstić information content (AvgIpc) is 3.23. The Kier molecular flexibility index (Phi) is 6.60. The quantitative estimate of drug-likeness (QED) is 0.511. The summed E-state index contributed by atoms with van der Waals surface area (Å²) in [7, 11) is 0. The number of aromatic nitrogens is 3. The number of pyridine rings is 1. The maximum atomic E-state index is 15.3. The molecule has 3 atom stereocenters. The second-order valence-electron chi connectivity index (χ2n) is 11.9. The lowest BCUT2D eigenvalue weighted by Crippen LogP contribution is -2.43. The van der Waals surface area contributed by atoms with Crippen molar-refractivity contribution in [2.45, 2.75) is 69.8 Å². The molecule has 13 heteroatoms. The molecule has 2 aromatic heterocycles. The van der Waals surface area contributed by atoms with E-state index in [-0.39, 0.29) is 47.9 Å². The van der Waals surface area contributed by atoms with Crippen LogP contribution in [0.3, 0.4) is 0 Å². The Balaban J connectivity index is 1.34. The summed E-state index contributed by atoms with van der Waals surface area (Å²) in [4.78, 5) is 31.8. The fourth-order valence-corrected chi connectivity index (χ4v) is 6.39. The first-order valence-electron chi connectivity index (χ1n) is 13.5. The highest BCUT2D eigenvalue weighted by Gasteiger charge is 2.49. The number of alkyl halides is 1. The van der Waals surface area contributed by atoms with Crippen LogP contribution in [0.25, 0.3) is 10.9 Å². The van der Waals surface area contributed by atoms with Gasteiger partial charge in [0.2, 0.25) is 5.88 Å². The molecular weight excluding hydrogens is 534 g/mol. The minimum Gasteiger partial charge on any atom is -0.475 e. The summed E-state index contributed by atoms with van der Waals surface area (Å²) in [6.45, 7) is 8.40. The molecule has 1 amide bonds. The van der Waals surface area contributed by atoms with E-state index in [1.807, 2.05) is 25.7 Å². The molecule has 0 aliphatic carbocycles. The van der Waals surface area contributed by atoms with Crippen LogP contribution >= 0.6 is 11.6 Å². The topological polar surface area (TPSA) is 93.1 Å². The van der Waals surface area contributed by atoms with Crippen LogP contribution in [0.15, 0.2) is 0 Å². The van der Waals surface area contributed by atoms with Crippen LogP contribution < -0.4 is 14.4 Å². The van der Waals surface area contributed by atoms with E-state index >= 15 is 4.39 Å². The molecule has 0 bridgehead atoms. The lowest BCUT2D eigenvalue weighted by molar-refractivity contribution is 0.0261.